The first-order valence-corrected chi connectivity index (χ1v) is 9.28. The van der Waals surface area contributed by atoms with Crippen LogP contribution in [0, 0.1) is 24.0 Å². The maximum atomic E-state index is 12.4. The molecule has 0 bridgehead atoms. The molecule has 0 aliphatic heterocycles. The molecule has 1 aromatic heterocycles. The number of rotatable bonds is 7. The lowest BCUT2D eigenvalue weighted by Gasteiger charge is -2.07. The van der Waals surface area contributed by atoms with Gasteiger partial charge in [-0.2, -0.15) is 5.10 Å². The highest BCUT2D eigenvalue weighted by Gasteiger charge is 2.14. The minimum atomic E-state index is -0.471. The second kappa shape index (κ2) is 9.04. The Morgan fingerprint density at radius 1 is 1.23 bits per heavy atom. The number of amides is 1. The van der Waals surface area contributed by atoms with Crippen molar-refractivity contribution in [3.05, 3.63) is 87.2 Å². The summed E-state index contributed by atoms with van der Waals surface area (Å²) in [6, 6.07) is 13.8. The first kappa shape index (κ1) is 20.8. The van der Waals surface area contributed by atoms with E-state index in [1.54, 1.807) is 19.2 Å². The Balaban J connectivity index is 1.73. The summed E-state index contributed by atoms with van der Waals surface area (Å²) in [7, 11) is 1.62. The third-order valence-corrected chi connectivity index (χ3v) is 4.60. The van der Waals surface area contributed by atoms with E-state index in [0.29, 0.717) is 23.5 Å². The number of carbonyl (C=O) groups excluding carboxylic acids is 1. The van der Waals surface area contributed by atoms with Gasteiger partial charge in [-0.25, -0.2) is 0 Å². The number of nitrogens with one attached hydrogen (secondary N) is 1. The molecule has 8 heteroatoms. The minimum absolute atomic E-state index is 0.0249. The van der Waals surface area contributed by atoms with Crippen molar-refractivity contribution < 1.29 is 14.5 Å². The van der Waals surface area contributed by atoms with Crippen molar-refractivity contribution in [3.8, 4) is 5.75 Å². The van der Waals surface area contributed by atoms with Crippen LogP contribution in [0.5, 0.6) is 5.75 Å². The number of hydrogen-bond acceptors (Lipinski definition) is 5. The van der Waals surface area contributed by atoms with Crippen LogP contribution in [0.4, 0.5) is 11.4 Å². The number of carbonyl (C=O) groups is 1. The van der Waals surface area contributed by atoms with Crippen LogP contribution < -0.4 is 10.1 Å². The molecule has 0 atom stereocenters. The van der Waals surface area contributed by atoms with E-state index in [0.717, 1.165) is 17.0 Å². The lowest BCUT2D eigenvalue weighted by atomic mass is 10.2. The summed E-state index contributed by atoms with van der Waals surface area (Å²) in [6.45, 7) is 4.26. The molecule has 154 valence electrons. The lowest BCUT2D eigenvalue weighted by Crippen LogP contribution is -2.10. The summed E-state index contributed by atoms with van der Waals surface area (Å²) in [5.41, 5.74) is 3.75. The Hall–Kier alpha value is -3.94. The Kier molecular flexibility index (Phi) is 6.26. The maximum Gasteiger partial charge on any atom is 0.270 e. The zero-order valence-corrected chi connectivity index (χ0v) is 17.0. The molecule has 3 aromatic rings. The topological polar surface area (TPSA) is 99.3 Å². The third-order valence-electron chi connectivity index (χ3n) is 4.60. The van der Waals surface area contributed by atoms with Gasteiger partial charge in [-0.3, -0.25) is 19.6 Å². The van der Waals surface area contributed by atoms with Gasteiger partial charge in [0.05, 0.1) is 35.7 Å². The summed E-state index contributed by atoms with van der Waals surface area (Å²) >= 11 is 0. The number of hydrogen-bond donors (Lipinski definition) is 1. The Labute approximate surface area is 173 Å². The summed E-state index contributed by atoms with van der Waals surface area (Å²) in [5, 5.41) is 18.2. The summed E-state index contributed by atoms with van der Waals surface area (Å²) in [5.74, 6) is 0.433. The number of nitro benzene ring substituents is 1. The molecule has 2 aromatic carbocycles. The van der Waals surface area contributed by atoms with E-state index in [9.17, 15) is 14.9 Å². The number of ether oxygens (including phenoxy) is 1. The fourth-order valence-corrected chi connectivity index (χ4v) is 3.05. The van der Waals surface area contributed by atoms with Crippen LogP contribution in [-0.2, 0) is 11.3 Å². The van der Waals surface area contributed by atoms with Crippen molar-refractivity contribution in [2.45, 2.75) is 20.4 Å². The quantitative estimate of drug-likeness (QED) is 0.361. The standard InChI is InChI=1S/C22H22N4O4/c1-15-22(16(2)25(24-15)14-18-7-5-9-20(13-18)30-3)23-21(27)11-10-17-6-4-8-19(12-17)26(28)29/h4-13H,14H2,1-3H3,(H,23,27)/b11-10+. The summed E-state index contributed by atoms with van der Waals surface area (Å²) in [6.07, 6.45) is 2.88. The normalized spacial score (nSPS) is 10.9. The van der Waals surface area contributed by atoms with Gasteiger partial charge in [0.15, 0.2) is 0 Å². The monoisotopic (exact) mass is 406 g/mol. The number of nitro groups is 1. The van der Waals surface area contributed by atoms with Crippen molar-refractivity contribution in [1.82, 2.24) is 9.78 Å². The molecular weight excluding hydrogens is 384 g/mol. The van der Waals surface area contributed by atoms with Crippen molar-refractivity contribution in [2.24, 2.45) is 0 Å². The highest BCUT2D eigenvalue weighted by atomic mass is 16.6. The molecule has 0 spiro atoms. The largest absolute Gasteiger partial charge is 0.497 e. The van der Waals surface area contributed by atoms with Crippen molar-refractivity contribution in [3.63, 3.8) is 0 Å². The Morgan fingerprint density at radius 3 is 2.73 bits per heavy atom. The predicted molar refractivity (Wildman–Crippen MR) is 115 cm³/mol. The molecule has 0 saturated carbocycles. The van der Waals surface area contributed by atoms with Gasteiger partial charge in [-0.15, -0.1) is 0 Å². The zero-order valence-electron chi connectivity index (χ0n) is 17.0. The third kappa shape index (κ3) is 4.91. The number of methoxy groups -OCH3 is 1. The molecule has 0 aliphatic carbocycles. The molecule has 3 rings (SSSR count). The second-order valence-electron chi connectivity index (χ2n) is 6.73. The number of nitrogens with zero attached hydrogens (tertiary/aromatic N) is 3. The Morgan fingerprint density at radius 2 is 2.00 bits per heavy atom. The van der Waals surface area contributed by atoms with Crippen LogP contribution >= 0.6 is 0 Å². The summed E-state index contributed by atoms with van der Waals surface area (Å²) in [4.78, 5) is 22.8. The first-order valence-electron chi connectivity index (χ1n) is 9.28. The minimum Gasteiger partial charge on any atom is -0.497 e. The van der Waals surface area contributed by atoms with E-state index in [-0.39, 0.29) is 11.6 Å². The molecule has 1 heterocycles. The Bertz CT molecular complexity index is 1120. The van der Waals surface area contributed by atoms with Crippen LogP contribution in [0.1, 0.15) is 22.5 Å². The molecule has 0 saturated heterocycles. The molecule has 1 amide bonds. The van der Waals surface area contributed by atoms with E-state index < -0.39 is 4.92 Å². The van der Waals surface area contributed by atoms with E-state index in [2.05, 4.69) is 10.4 Å². The van der Waals surface area contributed by atoms with Gasteiger partial charge < -0.3 is 10.1 Å². The van der Waals surface area contributed by atoms with Crippen LogP contribution in [-0.4, -0.2) is 27.7 Å². The maximum absolute atomic E-state index is 12.4. The highest BCUT2D eigenvalue weighted by Crippen LogP contribution is 2.22. The molecule has 1 N–H and O–H groups in total. The smallest absolute Gasteiger partial charge is 0.270 e. The van der Waals surface area contributed by atoms with Gasteiger partial charge in [0.25, 0.3) is 5.69 Å². The highest BCUT2D eigenvalue weighted by molar-refractivity contribution is 6.02. The van der Waals surface area contributed by atoms with Crippen LogP contribution in [0.3, 0.4) is 0 Å². The molecule has 8 nitrogen and oxygen atoms in total. The molecule has 30 heavy (non-hydrogen) atoms. The van der Waals surface area contributed by atoms with Gasteiger partial charge in [-0.1, -0.05) is 24.3 Å². The SMILES string of the molecule is COc1cccc(Cn2nc(C)c(NC(=O)/C=C/c3cccc([N+](=O)[O-])c3)c2C)c1. The summed E-state index contributed by atoms with van der Waals surface area (Å²) < 4.78 is 7.08. The number of aryl methyl sites for hydroxylation is 1. The van der Waals surface area contributed by atoms with Crippen LogP contribution in [0.2, 0.25) is 0 Å². The number of benzene rings is 2. The fourth-order valence-electron chi connectivity index (χ4n) is 3.05. The van der Waals surface area contributed by atoms with Crippen molar-refractivity contribution in [1.29, 1.82) is 0 Å². The van der Waals surface area contributed by atoms with Gasteiger partial charge >= 0.3 is 0 Å². The predicted octanol–water partition coefficient (Wildman–Crippen LogP) is 4.12. The average molecular weight is 406 g/mol. The number of anilines is 1. The lowest BCUT2D eigenvalue weighted by molar-refractivity contribution is -0.384. The number of aromatic nitrogens is 2. The van der Waals surface area contributed by atoms with Gasteiger partial charge in [0, 0.05) is 18.2 Å². The van der Waals surface area contributed by atoms with Crippen molar-refractivity contribution in [2.75, 3.05) is 12.4 Å². The van der Waals surface area contributed by atoms with Gasteiger partial charge in [0.1, 0.15) is 5.75 Å². The number of non-ortho nitro benzene ring substituents is 1. The second-order valence-corrected chi connectivity index (χ2v) is 6.73. The van der Waals surface area contributed by atoms with Gasteiger partial charge in [-0.05, 0) is 43.2 Å². The van der Waals surface area contributed by atoms with E-state index in [4.69, 9.17) is 4.74 Å². The van der Waals surface area contributed by atoms with E-state index in [1.165, 1.54) is 24.3 Å². The molecule has 0 aliphatic rings. The zero-order chi connectivity index (χ0) is 21.7. The first-order chi connectivity index (χ1) is 14.4. The molecular formula is C22H22N4O4. The molecule has 0 radical (unpaired) electrons. The van der Waals surface area contributed by atoms with Gasteiger partial charge in [0.2, 0.25) is 5.91 Å². The van der Waals surface area contributed by atoms with E-state index >= 15 is 0 Å². The van der Waals surface area contributed by atoms with E-state index in [1.807, 2.05) is 42.8 Å². The van der Waals surface area contributed by atoms with Crippen molar-refractivity contribution >= 4 is 23.4 Å². The molecule has 0 fully saturated rings. The fraction of sp³-hybridized carbons (Fsp3) is 0.182. The van der Waals surface area contributed by atoms with Crippen LogP contribution in [0.15, 0.2) is 54.6 Å². The average Bonchev–Trinajstić information content (AvgIpc) is 3.00. The molecule has 0 unspecified atom stereocenters. The van der Waals surface area contributed by atoms with Crippen LogP contribution in [0.25, 0.3) is 6.08 Å².